The Hall–Kier alpha value is -0.610. The number of amides is 1. The van der Waals surface area contributed by atoms with E-state index < -0.39 is 0 Å². The normalized spacial score (nSPS) is 9.40. The standard InChI is InChI=1S/C6H13NO3/c1-2-6(8)7-4-3-5-10-9/h9H,2-5H2,1H3,(H,7,8). The molecule has 0 heterocycles. The lowest BCUT2D eigenvalue weighted by Gasteiger charge is -2.00. The van der Waals surface area contributed by atoms with Crippen LogP contribution in [0.25, 0.3) is 0 Å². The van der Waals surface area contributed by atoms with Crippen LogP contribution < -0.4 is 5.32 Å². The summed E-state index contributed by atoms with van der Waals surface area (Å²) in [6.45, 7) is 2.62. The summed E-state index contributed by atoms with van der Waals surface area (Å²) in [6.07, 6.45) is 1.14. The fourth-order valence-corrected chi connectivity index (χ4v) is 0.490. The van der Waals surface area contributed by atoms with Gasteiger partial charge in [-0.1, -0.05) is 6.92 Å². The van der Waals surface area contributed by atoms with Crippen LogP contribution in [-0.2, 0) is 9.68 Å². The topological polar surface area (TPSA) is 58.6 Å². The lowest BCUT2D eigenvalue weighted by atomic mass is 10.4. The molecule has 0 bridgehead atoms. The maximum absolute atomic E-state index is 10.6. The van der Waals surface area contributed by atoms with E-state index in [0.29, 0.717) is 19.4 Å². The molecule has 0 aromatic rings. The fraction of sp³-hybridized carbons (Fsp3) is 0.833. The van der Waals surface area contributed by atoms with Gasteiger partial charge in [-0.3, -0.25) is 10.1 Å². The van der Waals surface area contributed by atoms with Gasteiger partial charge in [-0.05, 0) is 6.42 Å². The Morgan fingerprint density at radius 3 is 2.90 bits per heavy atom. The first-order valence-electron chi connectivity index (χ1n) is 3.34. The van der Waals surface area contributed by atoms with Crippen LogP contribution in [0, 0.1) is 0 Å². The van der Waals surface area contributed by atoms with Crippen molar-refractivity contribution in [3.05, 3.63) is 0 Å². The van der Waals surface area contributed by atoms with Crippen molar-refractivity contribution in [2.45, 2.75) is 19.8 Å². The zero-order valence-corrected chi connectivity index (χ0v) is 6.09. The molecular formula is C6H13NO3. The molecule has 4 nitrogen and oxygen atoms in total. The van der Waals surface area contributed by atoms with Crippen molar-refractivity contribution in [1.82, 2.24) is 5.32 Å². The minimum absolute atomic E-state index is 0.0259. The molecule has 1 amide bonds. The van der Waals surface area contributed by atoms with Gasteiger partial charge in [0.25, 0.3) is 0 Å². The number of hydrogen-bond donors (Lipinski definition) is 2. The molecule has 4 heteroatoms. The maximum atomic E-state index is 10.6. The van der Waals surface area contributed by atoms with Crippen molar-refractivity contribution in [1.29, 1.82) is 0 Å². The highest BCUT2D eigenvalue weighted by molar-refractivity contribution is 5.75. The van der Waals surface area contributed by atoms with Gasteiger partial charge in [0.2, 0.25) is 5.91 Å². The molecule has 0 aromatic carbocycles. The molecule has 0 aliphatic heterocycles. The van der Waals surface area contributed by atoms with Crippen molar-refractivity contribution in [2.24, 2.45) is 0 Å². The van der Waals surface area contributed by atoms with E-state index in [9.17, 15) is 4.79 Å². The molecule has 0 aliphatic carbocycles. The molecular weight excluding hydrogens is 134 g/mol. The van der Waals surface area contributed by atoms with E-state index in [0.717, 1.165) is 0 Å². The second kappa shape index (κ2) is 6.51. The first-order chi connectivity index (χ1) is 4.81. The molecule has 0 atom stereocenters. The zero-order valence-electron chi connectivity index (χ0n) is 6.09. The van der Waals surface area contributed by atoms with E-state index in [4.69, 9.17) is 5.26 Å². The van der Waals surface area contributed by atoms with Gasteiger partial charge in [-0.15, -0.1) is 0 Å². The summed E-state index contributed by atoms with van der Waals surface area (Å²) in [5, 5.41) is 10.5. The summed E-state index contributed by atoms with van der Waals surface area (Å²) in [4.78, 5) is 14.4. The van der Waals surface area contributed by atoms with E-state index in [1.54, 1.807) is 6.92 Å². The summed E-state index contributed by atoms with van der Waals surface area (Å²) in [7, 11) is 0. The van der Waals surface area contributed by atoms with Gasteiger partial charge in [0.1, 0.15) is 0 Å². The second-order valence-corrected chi connectivity index (χ2v) is 1.89. The molecule has 0 saturated heterocycles. The minimum Gasteiger partial charge on any atom is -0.356 e. The highest BCUT2D eigenvalue weighted by atomic mass is 17.1. The number of hydrogen-bond acceptors (Lipinski definition) is 3. The van der Waals surface area contributed by atoms with Crippen LogP contribution in [0.5, 0.6) is 0 Å². The van der Waals surface area contributed by atoms with E-state index in [1.807, 2.05) is 0 Å². The molecule has 0 rings (SSSR count). The van der Waals surface area contributed by atoms with Crippen molar-refractivity contribution >= 4 is 5.91 Å². The summed E-state index contributed by atoms with van der Waals surface area (Å²) >= 11 is 0. The van der Waals surface area contributed by atoms with Crippen molar-refractivity contribution < 1.29 is 14.9 Å². The second-order valence-electron chi connectivity index (χ2n) is 1.89. The Morgan fingerprint density at radius 1 is 1.70 bits per heavy atom. The van der Waals surface area contributed by atoms with Gasteiger partial charge in [0.05, 0.1) is 6.61 Å². The third-order valence-corrected chi connectivity index (χ3v) is 1.06. The first-order valence-corrected chi connectivity index (χ1v) is 3.34. The predicted octanol–water partition coefficient (Wildman–Crippen LogP) is 0.392. The van der Waals surface area contributed by atoms with Crippen LogP contribution in [0.4, 0.5) is 0 Å². The Kier molecular flexibility index (Phi) is 6.11. The summed E-state index contributed by atoms with van der Waals surface area (Å²) in [5.74, 6) is 0.0259. The Balaban J connectivity index is 2.96. The Bertz CT molecular complexity index is 95.0. The van der Waals surface area contributed by atoms with Crippen molar-refractivity contribution in [2.75, 3.05) is 13.2 Å². The van der Waals surface area contributed by atoms with Crippen LogP contribution in [0.1, 0.15) is 19.8 Å². The zero-order chi connectivity index (χ0) is 7.82. The lowest BCUT2D eigenvalue weighted by molar-refractivity contribution is -0.242. The monoisotopic (exact) mass is 147 g/mol. The third kappa shape index (κ3) is 5.53. The van der Waals surface area contributed by atoms with E-state index >= 15 is 0 Å². The molecule has 0 radical (unpaired) electrons. The number of carbonyl (C=O) groups excluding carboxylic acids is 1. The Labute approximate surface area is 60.1 Å². The lowest BCUT2D eigenvalue weighted by Crippen LogP contribution is -2.23. The maximum Gasteiger partial charge on any atom is 0.219 e. The largest absolute Gasteiger partial charge is 0.356 e. The molecule has 0 fully saturated rings. The van der Waals surface area contributed by atoms with E-state index in [1.165, 1.54) is 0 Å². The highest BCUT2D eigenvalue weighted by Crippen LogP contribution is 1.79. The SMILES string of the molecule is CCC(=O)NCCCOO. The minimum atomic E-state index is 0.0259. The molecule has 10 heavy (non-hydrogen) atoms. The smallest absolute Gasteiger partial charge is 0.219 e. The average molecular weight is 147 g/mol. The van der Waals surface area contributed by atoms with Gasteiger partial charge in [-0.2, -0.15) is 0 Å². The molecule has 0 aromatic heterocycles. The van der Waals surface area contributed by atoms with Gasteiger partial charge in [0, 0.05) is 13.0 Å². The quantitative estimate of drug-likeness (QED) is 0.336. The molecule has 0 unspecified atom stereocenters. The molecule has 0 saturated carbocycles. The highest BCUT2D eigenvalue weighted by Gasteiger charge is 1.93. The molecule has 60 valence electrons. The first kappa shape index (κ1) is 9.39. The molecule has 2 N–H and O–H groups in total. The van der Waals surface area contributed by atoms with Crippen LogP contribution in [0.3, 0.4) is 0 Å². The number of carbonyl (C=O) groups is 1. The fourth-order valence-electron chi connectivity index (χ4n) is 0.490. The van der Waals surface area contributed by atoms with Crippen LogP contribution in [0.15, 0.2) is 0 Å². The van der Waals surface area contributed by atoms with Gasteiger partial charge in [-0.25, -0.2) is 4.89 Å². The van der Waals surface area contributed by atoms with Gasteiger partial charge in [0.15, 0.2) is 0 Å². The average Bonchev–Trinajstić information content (AvgIpc) is 1.98. The number of rotatable bonds is 5. The van der Waals surface area contributed by atoms with Crippen molar-refractivity contribution in [3.8, 4) is 0 Å². The summed E-state index contributed by atoms with van der Waals surface area (Å²) in [5.41, 5.74) is 0. The van der Waals surface area contributed by atoms with Gasteiger partial charge >= 0.3 is 0 Å². The predicted molar refractivity (Wildman–Crippen MR) is 36.5 cm³/mol. The van der Waals surface area contributed by atoms with E-state index in [-0.39, 0.29) is 12.5 Å². The number of nitrogens with one attached hydrogen (secondary N) is 1. The van der Waals surface area contributed by atoms with E-state index in [2.05, 4.69) is 10.2 Å². The molecule has 0 spiro atoms. The summed E-state index contributed by atoms with van der Waals surface area (Å²) < 4.78 is 0. The van der Waals surface area contributed by atoms with Gasteiger partial charge < -0.3 is 5.32 Å². The Morgan fingerprint density at radius 2 is 2.40 bits per heavy atom. The van der Waals surface area contributed by atoms with Crippen LogP contribution in [-0.4, -0.2) is 24.3 Å². The van der Waals surface area contributed by atoms with Crippen molar-refractivity contribution in [3.63, 3.8) is 0 Å². The van der Waals surface area contributed by atoms with Crippen LogP contribution in [0.2, 0.25) is 0 Å². The van der Waals surface area contributed by atoms with Crippen LogP contribution >= 0.6 is 0 Å². The summed E-state index contributed by atoms with van der Waals surface area (Å²) in [6, 6.07) is 0. The third-order valence-electron chi connectivity index (χ3n) is 1.06. The molecule has 0 aliphatic rings.